The molecule has 2 aliphatic heterocycles. The van der Waals surface area contributed by atoms with Gasteiger partial charge in [0.1, 0.15) is 6.10 Å². The lowest BCUT2D eigenvalue weighted by Crippen LogP contribution is -2.62. The zero-order valence-electron chi connectivity index (χ0n) is 33.8. The molecule has 0 aromatic rings. The van der Waals surface area contributed by atoms with Crippen molar-refractivity contribution in [2.24, 2.45) is 64.1 Å². The lowest BCUT2D eigenvalue weighted by molar-refractivity contribution is -0.196. The van der Waals surface area contributed by atoms with Crippen molar-refractivity contribution in [2.75, 3.05) is 26.2 Å². The fraction of sp³-hybridized carbons (Fsp3) is 0.844. The minimum atomic E-state index is -0.798. The molecule has 7 fully saturated rings. The number of allylic oxidation sites excluding steroid dienone is 1. The second-order valence-electron chi connectivity index (χ2n) is 20.3. The Kier molecular flexibility index (Phi) is 9.70. The van der Waals surface area contributed by atoms with Crippen molar-refractivity contribution >= 4 is 17.7 Å². The van der Waals surface area contributed by atoms with Crippen LogP contribution in [0.4, 0.5) is 0 Å². The molecule has 0 spiro atoms. The Balaban J connectivity index is 0.997. The third-order valence-electron chi connectivity index (χ3n) is 17.6. The highest BCUT2D eigenvalue weighted by Gasteiger charge is 2.65. The molecule has 8 heteroatoms. The molecule has 13 unspecified atom stereocenters. The Morgan fingerprint density at radius 1 is 0.906 bits per heavy atom. The van der Waals surface area contributed by atoms with Crippen LogP contribution in [0.3, 0.4) is 0 Å². The maximum atomic E-state index is 14.1. The Bertz CT molecular complexity index is 1530. The maximum absolute atomic E-state index is 14.1. The molecule has 2 N–H and O–H groups in total. The van der Waals surface area contributed by atoms with E-state index < -0.39 is 11.9 Å². The number of carbonyl (C=O) groups excluding carboxylic acids is 2. The normalized spacial score (nSPS) is 45.3. The van der Waals surface area contributed by atoms with Gasteiger partial charge in [-0.1, -0.05) is 48.1 Å². The van der Waals surface area contributed by atoms with Crippen LogP contribution in [0.2, 0.25) is 0 Å². The number of ether oxygens (including phenoxy) is 1. The van der Waals surface area contributed by atoms with Crippen molar-refractivity contribution in [3.63, 3.8) is 0 Å². The summed E-state index contributed by atoms with van der Waals surface area (Å²) in [5.74, 6) is 2.21. The van der Waals surface area contributed by atoms with Gasteiger partial charge in [-0.3, -0.25) is 14.4 Å². The van der Waals surface area contributed by atoms with Gasteiger partial charge in [-0.25, -0.2) is 0 Å². The van der Waals surface area contributed by atoms with E-state index in [2.05, 4.69) is 49.7 Å². The van der Waals surface area contributed by atoms with E-state index >= 15 is 0 Å². The van der Waals surface area contributed by atoms with Crippen molar-refractivity contribution in [1.82, 2.24) is 15.1 Å². The molecule has 6 aliphatic carbocycles. The van der Waals surface area contributed by atoms with Crippen LogP contribution in [-0.4, -0.2) is 76.5 Å². The quantitative estimate of drug-likeness (QED) is 0.232. The topological polar surface area (TPSA) is 99.2 Å². The molecular formula is C45H69N3O5. The Morgan fingerprint density at radius 3 is 2.30 bits per heavy atom. The molecule has 2 heterocycles. The fourth-order valence-corrected chi connectivity index (χ4v) is 14.8. The Hall–Kier alpha value is -2.35. The Labute approximate surface area is 319 Å². The highest BCUT2D eigenvalue weighted by Crippen LogP contribution is 2.70. The number of hydrogen-bond acceptors (Lipinski definition) is 7. The van der Waals surface area contributed by atoms with Gasteiger partial charge in [0.2, 0.25) is 0 Å². The fourth-order valence-electron chi connectivity index (χ4n) is 14.8. The molecule has 13 atom stereocenters. The number of rotatable bonds is 9. The molecule has 8 rings (SSSR count). The summed E-state index contributed by atoms with van der Waals surface area (Å²) in [4.78, 5) is 44.1. The third kappa shape index (κ3) is 5.95. The number of carbonyl (C=O) groups is 3. The lowest BCUT2D eigenvalue weighted by atomic mass is 9.38. The molecule has 53 heavy (non-hydrogen) atoms. The first-order chi connectivity index (χ1) is 25.2. The summed E-state index contributed by atoms with van der Waals surface area (Å²) < 4.78 is 6.27. The third-order valence-corrected chi connectivity index (χ3v) is 17.6. The Morgan fingerprint density at radius 2 is 1.60 bits per heavy atom. The van der Waals surface area contributed by atoms with Crippen molar-refractivity contribution in [3.05, 3.63) is 23.5 Å². The zero-order chi connectivity index (χ0) is 37.6. The van der Waals surface area contributed by atoms with E-state index in [1.807, 2.05) is 6.92 Å². The number of esters is 1. The molecule has 0 aromatic carbocycles. The van der Waals surface area contributed by atoms with Gasteiger partial charge in [0, 0.05) is 25.6 Å². The highest BCUT2D eigenvalue weighted by molar-refractivity contribution is 6.01. The first-order valence-corrected chi connectivity index (χ1v) is 21.9. The number of likely N-dealkylation sites (tertiary alicyclic amines) is 2. The largest absolute Gasteiger partial charge is 0.481 e. The second kappa shape index (κ2) is 13.7. The molecule has 5 saturated carbocycles. The number of Topliss-reactive ketones (excluding diaryl/α,β-unsaturated/α-hetero) is 1. The van der Waals surface area contributed by atoms with Crippen LogP contribution in [0.25, 0.3) is 0 Å². The minimum absolute atomic E-state index is 0.0827. The van der Waals surface area contributed by atoms with Crippen molar-refractivity contribution < 1.29 is 24.2 Å². The summed E-state index contributed by atoms with van der Waals surface area (Å²) >= 11 is 0. The predicted molar refractivity (Wildman–Crippen MR) is 206 cm³/mol. The first-order valence-electron chi connectivity index (χ1n) is 21.9. The average molecular weight is 732 g/mol. The molecule has 2 saturated heterocycles. The lowest BCUT2D eigenvalue weighted by Gasteiger charge is -2.67. The van der Waals surface area contributed by atoms with Gasteiger partial charge in [0.25, 0.3) is 0 Å². The summed E-state index contributed by atoms with van der Waals surface area (Å²) in [7, 11) is 0. The van der Waals surface area contributed by atoms with Crippen molar-refractivity contribution in [3.8, 4) is 0 Å². The minimum Gasteiger partial charge on any atom is -0.481 e. The molecule has 8 aliphatic rings. The molecule has 0 amide bonds. The van der Waals surface area contributed by atoms with E-state index in [0.717, 1.165) is 63.0 Å². The van der Waals surface area contributed by atoms with E-state index in [1.54, 1.807) is 0 Å². The molecular weight excluding hydrogens is 663 g/mol. The van der Waals surface area contributed by atoms with E-state index in [4.69, 9.17) is 11.3 Å². The van der Waals surface area contributed by atoms with E-state index in [0.29, 0.717) is 54.3 Å². The standard InChI is InChI=1S/C45H69N3O5/c1-26(2)39-36(49)24-45(46-29(5)48-22-10-11-30(48)25-47-20-8-9-21-47)19-15-35-31(40(39)45)12-13-38-43(6)18-16-37(28(4)34(43)14-17-44(35,38)7)53-42(52)33-23-32(27(33)3)41(50)51/h26-28,30-35,37-38,46H,5,8-25H2,1-4,6-7H3,(H,50,51). The van der Waals surface area contributed by atoms with Crippen LogP contribution in [0.5, 0.6) is 0 Å². The number of aliphatic carboxylic acids is 1. The van der Waals surface area contributed by atoms with Crippen LogP contribution in [0.1, 0.15) is 131 Å². The van der Waals surface area contributed by atoms with Gasteiger partial charge in [-0.05, 0) is 160 Å². The summed E-state index contributed by atoms with van der Waals surface area (Å²) in [6, 6.07) is 0.507. The predicted octanol–water partition coefficient (Wildman–Crippen LogP) is 7.83. The van der Waals surface area contributed by atoms with Crippen LogP contribution in [0.15, 0.2) is 23.5 Å². The van der Waals surface area contributed by atoms with E-state index in [9.17, 15) is 19.5 Å². The number of fused-ring (bicyclic) bond motifs is 7. The number of nitrogens with zero attached hydrogens (tertiary/aromatic N) is 2. The molecule has 0 bridgehead atoms. The average Bonchev–Trinajstić information content (AvgIpc) is 3.84. The monoisotopic (exact) mass is 732 g/mol. The van der Waals surface area contributed by atoms with Gasteiger partial charge in [-0.15, -0.1) is 0 Å². The van der Waals surface area contributed by atoms with Crippen LogP contribution < -0.4 is 5.32 Å². The van der Waals surface area contributed by atoms with Crippen molar-refractivity contribution in [1.29, 1.82) is 0 Å². The van der Waals surface area contributed by atoms with E-state index in [1.165, 1.54) is 57.2 Å². The molecule has 0 aromatic heterocycles. The summed E-state index contributed by atoms with van der Waals surface area (Å²) in [5, 5.41) is 13.6. The van der Waals surface area contributed by atoms with Gasteiger partial charge < -0.3 is 25.0 Å². The summed E-state index contributed by atoms with van der Waals surface area (Å²) in [6.07, 6.45) is 14.8. The summed E-state index contributed by atoms with van der Waals surface area (Å²) in [5.41, 5.74) is 2.70. The zero-order valence-corrected chi connectivity index (χ0v) is 33.8. The number of nitrogens with one attached hydrogen (secondary N) is 1. The SMILES string of the molecule is C=C(NC12CCC3C(CCC4C3(C)CCC3C(C)C(OC(=O)C5CC(C(=O)O)C5C)CCC34C)C1=C(C(C)C)C(=O)C2)N1CCCC1CN1CCCC1. The number of ketones is 1. The van der Waals surface area contributed by atoms with Gasteiger partial charge in [-0.2, -0.15) is 0 Å². The van der Waals surface area contributed by atoms with E-state index in [-0.39, 0.29) is 46.2 Å². The molecule has 0 radical (unpaired) electrons. The van der Waals surface area contributed by atoms with Crippen LogP contribution in [-0.2, 0) is 19.1 Å². The number of hydrogen-bond donors (Lipinski definition) is 2. The van der Waals surface area contributed by atoms with Gasteiger partial charge >= 0.3 is 11.9 Å². The smallest absolute Gasteiger partial charge is 0.309 e. The molecule has 8 nitrogen and oxygen atoms in total. The maximum Gasteiger partial charge on any atom is 0.309 e. The summed E-state index contributed by atoms with van der Waals surface area (Å²) in [6.45, 7) is 23.2. The molecule has 294 valence electrons. The van der Waals surface area contributed by atoms with Crippen LogP contribution >= 0.6 is 0 Å². The first kappa shape index (κ1) is 37.6. The number of carboxylic acid groups (broad SMARTS) is 1. The van der Waals surface area contributed by atoms with Crippen LogP contribution in [0, 0.1) is 64.1 Å². The van der Waals surface area contributed by atoms with Gasteiger partial charge in [0.15, 0.2) is 5.78 Å². The van der Waals surface area contributed by atoms with Crippen molar-refractivity contribution in [2.45, 2.75) is 149 Å². The van der Waals surface area contributed by atoms with Gasteiger partial charge in [0.05, 0.1) is 23.2 Å². The number of carboxylic acids is 1. The second-order valence-corrected chi connectivity index (χ2v) is 20.3. The highest BCUT2D eigenvalue weighted by atomic mass is 16.5.